The van der Waals surface area contributed by atoms with Crippen LogP contribution in [0.4, 0.5) is 5.95 Å². The van der Waals surface area contributed by atoms with Crippen LogP contribution in [0, 0.1) is 0 Å². The number of nitrogens with one attached hydrogen (secondary N) is 1. The van der Waals surface area contributed by atoms with Crippen LogP contribution in [0.3, 0.4) is 0 Å². The molecule has 0 spiro atoms. The number of benzene rings is 2. The minimum atomic E-state index is -0.645. The molecule has 0 radical (unpaired) electrons. The zero-order chi connectivity index (χ0) is 23.4. The summed E-state index contributed by atoms with van der Waals surface area (Å²) in [5.41, 5.74) is 2.91. The fourth-order valence-corrected chi connectivity index (χ4v) is 3.68. The fraction of sp³-hybridized carbons (Fsp3) is 0.261. The van der Waals surface area contributed by atoms with E-state index in [1.54, 1.807) is 32.0 Å². The molecule has 2 aromatic carbocycles. The van der Waals surface area contributed by atoms with Gasteiger partial charge in [0.2, 0.25) is 5.95 Å². The number of hydrogen-bond acceptors (Lipinski definition) is 9. The molecule has 170 valence electrons. The molecule has 0 aliphatic carbocycles. The number of tetrazole rings is 1. The first-order chi connectivity index (χ1) is 16.0. The van der Waals surface area contributed by atoms with Crippen molar-refractivity contribution in [2.75, 3.05) is 19.0 Å². The number of aromatic nitrogens is 4. The van der Waals surface area contributed by atoms with Gasteiger partial charge in [0.05, 0.1) is 24.9 Å². The first-order valence-electron chi connectivity index (χ1n) is 10.3. The van der Waals surface area contributed by atoms with Gasteiger partial charge in [0, 0.05) is 11.3 Å². The summed E-state index contributed by atoms with van der Waals surface area (Å²) in [6, 6.07) is 13.7. The van der Waals surface area contributed by atoms with Crippen molar-refractivity contribution in [3.05, 3.63) is 76.5 Å². The molecule has 1 aliphatic heterocycles. The highest BCUT2D eigenvalue weighted by Gasteiger charge is 2.36. The molecule has 1 aromatic heterocycles. The number of para-hydroxylation sites is 1. The second kappa shape index (κ2) is 9.51. The van der Waals surface area contributed by atoms with Crippen molar-refractivity contribution >= 4 is 17.9 Å². The molecule has 0 saturated heterocycles. The summed E-state index contributed by atoms with van der Waals surface area (Å²) < 4.78 is 17.8. The van der Waals surface area contributed by atoms with E-state index in [1.165, 1.54) is 11.8 Å². The number of hydrogen-bond donors (Lipinski definition) is 1. The number of methoxy groups -OCH3 is 1. The van der Waals surface area contributed by atoms with E-state index in [1.807, 2.05) is 30.3 Å². The van der Waals surface area contributed by atoms with E-state index in [-0.39, 0.29) is 13.2 Å². The molecule has 1 N–H and O–H groups in total. The number of ether oxygens (including phenoxy) is 3. The Bertz CT molecular complexity index is 1220. The Morgan fingerprint density at radius 3 is 2.73 bits per heavy atom. The highest BCUT2D eigenvalue weighted by Crippen LogP contribution is 2.39. The lowest BCUT2D eigenvalue weighted by atomic mass is 9.95. The second-order valence-corrected chi connectivity index (χ2v) is 7.25. The van der Waals surface area contributed by atoms with Crippen molar-refractivity contribution < 1.29 is 23.8 Å². The number of anilines is 1. The third-order valence-corrected chi connectivity index (χ3v) is 5.17. The number of carbonyl (C=O) groups is 2. The van der Waals surface area contributed by atoms with E-state index < -0.39 is 18.0 Å². The summed E-state index contributed by atoms with van der Waals surface area (Å²) in [6.07, 6.45) is 0. The maximum Gasteiger partial charge on any atom is 0.338 e. The Balaban J connectivity index is 1.69. The second-order valence-electron chi connectivity index (χ2n) is 7.25. The minimum absolute atomic E-state index is 0.201. The standard InChI is InChI=1S/C23H23N5O5/c1-4-32-22(30)19-14(2)24-23-25-26-27-28(23)20(19)17-10-5-6-11-18(17)33-13-15-8-7-9-16(12-15)21(29)31-3/h5-12,20H,4,13H2,1-3H3,(H,24,25,27). The lowest BCUT2D eigenvalue weighted by Crippen LogP contribution is -2.30. The minimum Gasteiger partial charge on any atom is -0.489 e. The van der Waals surface area contributed by atoms with E-state index >= 15 is 0 Å². The van der Waals surface area contributed by atoms with Gasteiger partial charge in [-0.3, -0.25) is 0 Å². The Labute approximate surface area is 190 Å². The molecule has 4 rings (SSSR count). The zero-order valence-corrected chi connectivity index (χ0v) is 18.4. The molecule has 0 fully saturated rings. The van der Waals surface area contributed by atoms with Crippen molar-refractivity contribution in [1.29, 1.82) is 0 Å². The summed E-state index contributed by atoms with van der Waals surface area (Å²) in [6.45, 7) is 3.96. The van der Waals surface area contributed by atoms with Crippen molar-refractivity contribution in [2.45, 2.75) is 26.5 Å². The number of allylic oxidation sites excluding steroid dienone is 1. The predicted molar refractivity (Wildman–Crippen MR) is 117 cm³/mol. The van der Waals surface area contributed by atoms with Gasteiger partial charge in [-0.1, -0.05) is 35.4 Å². The van der Waals surface area contributed by atoms with Gasteiger partial charge in [-0.05, 0) is 48.0 Å². The normalized spacial score (nSPS) is 14.8. The van der Waals surface area contributed by atoms with Crippen LogP contribution in [0.25, 0.3) is 0 Å². The Morgan fingerprint density at radius 1 is 1.12 bits per heavy atom. The summed E-state index contributed by atoms with van der Waals surface area (Å²) >= 11 is 0. The molecule has 10 heteroatoms. The average Bonchev–Trinajstić information content (AvgIpc) is 3.30. The Morgan fingerprint density at radius 2 is 1.94 bits per heavy atom. The molecule has 1 aliphatic rings. The van der Waals surface area contributed by atoms with E-state index in [0.29, 0.717) is 34.1 Å². The largest absolute Gasteiger partial charge is 0.489 e. The van der Waals surface area contributed by atoms with Crippen LogP contribution in [-0.4, -0.2) is 45.9 Å². The first kappa shape index (κ1) is 22.0. The quantitative estimate of drug-likeness (QED) is 0.543. The van der Waals surface area contributed by atoms with E-state index in [0.717, 1.165) is 5.56 Å². The average molecular weight is 449 g/mol. The van der Waals surface area contributed by atoms with Crippen LogP contribution < -0.4 is 10.1 Å². The van der Waals surface area contributed by atoms with Crippen LogP contribution in [-0.2, 0) is 20.9 Å². The summed E-state index contributed by atoms with van der Waals surface area (Å²) in [4.78, 5) is 24.7. The van der Waals surface area contributed by atoms with E-state index in [4.69, 9.17) is 14.2 Å². The monoisotopic (exact) mass is 449 g/mol. The van der Waals surface area contributed by atoms with Gasteiger partial charge in [-0.2, -0.15) is 4.68 Å². The predicted octanol–water partition coefficient (Wildman–Crippen LogP) is 2.89. The van der Waals surface area contributed by atoms with Crippen LogP contribution in [0.1, 0.15) is 41.4 Å². The highest BCUT2D eigenvalue weighted by atomic mass is 16.5. The number of nitrogens with zero attached hydrogens (tertiary/aromatic N) is 4. The molecule has 3 aromatic rings. The molecular formula is C23H23N5O5. The van der Waals surface area contributed by atoms with Gasteiger partial charge in [-0.15, -0.1) is 0 Å². The molecule has 0 saturated carbocycles. The third-order valence-electron chi connectivity index (χ3n) is 5.17. The lowest BCUT2D eigenvalue weighted by Gasteiger charge is -2.28. The molecule has 0 amide bonds. The van der Waals surface area contributed by atoms with Crippen molar-refractivity contribution in [3.63, 3.8) is 0 Å². The summed E-state index contributed by atoms with van der Waals surface area (Å²) in [5, 5.41) is 14.9. The number of fused-ring (bicyclic) bond motifs is 1. The Hall–Kier alpha value is -4.21. The van der Waals surface area contributed by atoms with E-state index in [2.05, 4.69) is 20.8 Å². The maximum atomic E-state index is 12.9. The third kappa shape index (κ3) is 4.40. The topological polar surface area (TPSA) is 117 Å². The van der Waals surface area contributed by atoms with E-state index in [9.17, 15) is 9.59 Å². The van der Waals surface area contributed by atoms with Gasteiger partial charge < -0.3 is 19.5 Å². The van der Waals surface area contributed by atoms with Crippen molar-refractivity contribution in [1.82, 2.24) is 20.2 Å². The molecular weight excluding hydrogens is 426 g/mol. The fourth-order valence-electron chi connectivity index (χ4n) is 3.68. The van der Waals surface area contributed by atoms with Gasteiger partial charge >= 0.3 is 11.9 Å². The van der Waals surface area contributed by atoms with Crippen molar-refractivity contribution in [2.24, 2.45) is 0 Å². The molecule has 0 bridgehead atoms. The van der Waals surface area contributed by atoms with Gasteiger partial charge in [0.1, 0.15) is 18.4 Å². The summed E-state index contributed by atoms with van der Waals surface area (Å²) in [5.74, 6) is 0.0714. The van der Waals surface area contributed by atoms with Crippen LogP contribution in [0.2, 0.25) is 0 Å². The number of esters is 2. The van der Waals surface area contributed by atoms with Gasteiger partial charge in [0.15, 0.2) is 0 Å². The molecule has 1 unspecified atom stereocenters. The van der Waals surface area contributed by atoms with Crippen LogP contribution in [0.5, 0.6) is 5.75 Å². The zero-order valence-electron chi connectivity index (χ0n) is 18.4. The van der Waals surface area contributed by atoms with Crippen LogP contribution >= 0.6 is 0 Å². The SMILES string of the molecule is CCOC(=O)C1=C(C)Nc2nnnn2C1c1ccccc1OCc1cccc(C(=O)OC)c1. The van der Waals surface area contributed by atoms with Crippen LogP contribution in [0.15, 0.2) is 59.8 Å². The molecule has 33 heavy (non-hydrogen) atoms. The lowest BCUT2D eigenvalue weighted by molar-refractivity contribution is -0.139. The highest BCUT2D eigenvalue weighted by molar-refractivity contribution is 5.92. The van der Waals surface area contributed by atoms with Gasteiger partial charge in [-0.25, -0.2) is 9.59 Å². The number of carbonyl (C=O) groups excluding carboxylic acids is 2. The maximum absolute atomic E-state index is 12.9. The summed E-state index contributed by atoms with van der Waals surface area (Å²) in [7, 11) is 1.34. The van der Waals surface area contributed by atoms with Crippen molar-refractivity contribution in [3.8, 4) is 5.75 Å². The molecule has 10 nitrogen and oxygen atoms in total. The molecule has 1 atom stereocenters. The Kier molecular flexibility index (Phi) is 6.34. The van der Waals surface area contributed by atoms with Gasteiger partial charge in [0.25, 0.3) is 0 Å². The first-order valence-corrected chi connectivity index (χ1v) is 10.3. The number of rotatable bonds is 7. The molecule has 2 heterocycles. The smallest absolute Gasteiger partial charge is 0.338 e.